The molecule has 0 radical (unpaired) electrons. The molecule has 3 heteroatoms. The number of aryl methyl sites for hydroxylation is 1. The first-order valence-corrected chi connectivity index (χ1v) is 6.52. The van der Waals surface area contributed by atoms with Gasteiger partial charge >= 0.3 is 0 Å². The smallest absolute Gasteiger partial charge is 0.201 e. The topological polar surface area (TPSA) is 20.3 Å². The molecule has 1 fully saturated rings. The normalized spacial score (nSPS) is 19.7. The average molecular weight is 249 g/mol. The lowest BCUT2D eigenvalue weighted by molar-refractivity contribution is 0.0632. The van der Waals surface area contributed by atoms with Crippen LogP contribution in [0.15, 0.2) is 24.3 Å². The summed E-state index contributed by atoms with van der Waals surface area (Å²) in [6, 6.07) is 7.11. The average Bonchev–Trinajstić information content (AvgIpc) is 2.81. The Labute approximate surface area is 108 Å². The molecule has 2 rings (SSSR count). The first kappa shape index (κ1) is 13.2. The van der Waals surface area contributed by atoms with Crippen molar-refractivity contribution >= 4 is 5.78 Å². The Morgan fingerprint density at radius 2 is 1.83 bits per heavy atom. The third-order valence-corrected chi connectivity index (χ3v) is 3.51. The molecule has 1 aliphatic heterocycles. The minimum Gasteiger partial charge on any atom is -0.300 e. The summed E-state index contributed by atoms with van der Waals surface area (Å²) in [6.45, 7) is 5.36. The highest BCUT2D eigenvalue weighted by molar-refractivity contribution is 6.02. The summed E-state index contributed by atoms with van der Waals surface area (Å²) < 4.78 is 14.5. The van der Waals surface area contributed by atoms with Crippen LogP contribution >= 0.6 is 0 Å². The molecular formula is C15H20FNO. The number of hydrogen-bond donors (Lipinski definition) is 0. The minimum atomic E-state index is -1.79. The van der Waals surface area contributed by atoms with Gasteiger partial charge in [0, 0.05) is 12.1 Å². The minimum absolute atomic E-state index is 0.208. The second kappa shape index (κ2) is 5.19. The highest BCUT2D eigenvalue weighted by atomic mass is 19.1. The molecule has 0 bridgehead atoms. The number of benzene rings is 1. The predicted molar refractivity (Wildman–Crippen MR) is 70.7 cm³/mol. The van der Waals surface area contributed by atoms with Gasteiger partial charge in [0.15, 0.2) is 5.67 Å². The molecular weight excluding hydrogens is 229 g/mol. The second-order valence-electron chi connectivity index (χ2n) is 5.38. The Bertz CT molecular complexity index is 419. The van der Waals surface area contributed by atoms with Gasteiger partial charge in [-0.3, -0.25) is 9.69 Å². The van der Waals surface area contributed by atoms with Crippen molar-refractivity contribution in [3.8, 4) is 0 Å². The zero-order valence-electron chi connectivity index (χ0n) is 11.1. The molecule has 0 aliphatic carbocycles. The Balaban J connectivity index is 2.08. The van der Waals surface area contributed by atoms with Crippen LogP contribution < -0.4 is 0 Å². The third kappa shape index (κ3) is 2.96. The van der Waals surface area contributed by atoms with Gasteiger partial charge in [-0.05, 0) is 39.8 Å². The lowest BCUT2D eigenvalue weighted by Crippen LogP contribution is -2.42. The number of ketones is 1. The van der Waals surface area contributed by atoms with Crippen LogP contribution in [-0.4, -0.2) is 36.0 Å². The van der Waals surface area contributed by atoms with Crippen molar-refractivity contribution in [3.63, 3.8) is 0 Å². The van der Waals surface area contributed by atoms with Crippen LogP contribution in [0, 0.1) is 6.92 Å². The Kier molecular flexibility index (Phi) is 3.81. The van der Waals surface area contributed by atoms with Crippen LogP contribution in [-0.2, 0) is 0 Å². The number of carbonyl (C=O) groups excluding carboxylic acids is 1. The summed E-state index contributed by atoms with van der Waals surface area (Å²) in [6.07, 6.45) is 2.21. The molecule has 18 heavy (non-hydrogen) atoms. The van der Waals surface area contributed by atoms with E-state index >= 15 is 0 Å². The number of carbonyl (C=O) groups is 1. The lowest BCUT2D eigenvalue weighted by atomic mass is 9.95. The van der Waals surface area contributed by atoms with Crippen LogP contribution in [0.2, 0.25) is 0 Å². The van der Waals surface area contributed by atoms with Crippen LogP contribution in [0.25, 0.3) is 0 Å². The fourth-order valence-corrected chi connectivity index (χ4v) is 2.44. The quantitative estimate of drug-likeness (QED) is 0.765. The summed E-state index contributed by atoms with van der Waals surface area (Å²) in [7, 11) is 0. The molecule has 0 spiro atoms. The van der Waals surface area contributed by atoms with E-state index in [-0.39, 0.29) is 6.54 Å². The maximum atomic E-state index is 14.5. The van der Waals surface area contributed by atoms with E-state index in [2.05, 4.69) is 0 Å². The summed E-state index contributed by atoms with van der Waals surface area (Å²) >= 11 is 0. The molecule has 0 amide bonds. The van der Waals surface area contributed by atoms with E-state index in [1.807, 2.05) is 24.0 Å². The molecule has 0 aromatic heterocycles. The van der Waals surface area contributed by atoms with Crippen molar-refractivity contribution in [2.24, 2.45) is 0 Å². The number of Topliss-reactive ketones (excluding diaryl/α,β-unsaturated/α-hetero) is 1. The zero-order valence-corrected chi connectivity index (χ0v) is 11.1. The van der Waals surface area contributed by atoms with Gasteiger partial charge in [-0.1, -0.05) is 29.8 Å². The summed E-state index contributed by atoms with van der Waals surface area (Å²) in [5.74, 6) is -0.408. The maximum Gasteiger partial charge on any atom is 0.201 e. The van der Waals surface area contributed by atoms with Gasteiger partial charge < -0.3 is 0 Å². The van der Waals surface area contributed by atoms with Gasteiger partial charge in [-0.25, -0.2) is 4.39 Å². The van der Waals surface area contributed by atoms with Crippen molar-refractivity contribution in [1.82, 2.24) is 4.90 Å². The van der Waals surface area contributed by atoms with Crippen LogP contribution in [0.1, 0.15) is 35.7 Å². The molecule has 1 saturated heterocycles. The lowest BCUT2D eigenvalue weighted by Gasteiger charge is -2.25. The molecule has 1 unspecified atom stereocenters. The second-order valence-corrected chi connectivity index (χ2v) is 5.38. The molecule has 0 N–H and O–H groups in total. The molecule has 2 nitrogen and oxygen atoms in total. The summed E-state index contributed by atoms with van der Waals surface area (Å²) in [5, 5.41) is 0. The summed E-state index contributed by atoms with van der Waals surface area (Å²) in [4.78, 5) is 14.2. The van der Waals surface area contributed by atoms with Crippen LogP contribution in [0.4, 0.5) is 4.39 Å². The Morgan fingerprint density at radius 3 is 2.39 bits per heavy atom. The number of rotatable bonds is 4. The van der Waals surface area contributed by atoms with Crippen LogP contribution in [0.5, 0.6) is 0 Å². The van der Waals surface area contributed by atoms with E-state index in [1.54, 1.807) is 12.1 Å². The number of alkyl halides is 1. The van der Waals surface area contributed by atoms with Crippen molar-refractivity contribution in [2.45, 2.75) is 32.4 Å². The predicted octanol–water partition coefficient (Wildman–Crippen LogP) is 3.00. The number of hydrogen-bond acceptors (Lipinski definition) is 2. The molecule has 1 aliphatic rings. The van der Waals surface area contributed by atoms with Gasteiger partial charge in [-0.15, -0.1) is 0 Å². The Hall–Kier alpha value is -1.22. The SMILES string of the molecule is Cc1ccc(C(=O)C(C)(F)CN2CCCC2)cc1. The highest BCUT2D eigenvalue weighted by Crippen LogP contribution is 2.22. The monoisotopic (exact) mass is 249 g/mol. The highest BCUT2D eigenvalue weighted by Gasteiger charge is 2.36. The van der Waals surface area contributed by atoms with E-state index in [0.717, 1.165) is 31.5 Å². The fourth-order valence-electron chi connectivity index (χ4n) is 2.44. The number of likely N-dealkylation sites (tertiary alicyclic amines) is 1. The zero-order chi connectivity index (χ0) is 13.2. The van der Waals surface area contributed by atoms with Gasteiger partial charge in [0.1, 0.15) is 0 Å². The maximum absolute atomic E-state index is 14.5. The molecule has 1 aromatic carbocycles. The standard InChI is InChI=1S/C15H20FNO/c1-12-5-7-13(8-6-12)14(18)15(2,16)11-17-9-3-4-10-17/h5-8H,3-4,9-11H2,1-2H3. The van der Waals surface area contributed by atoms with E-state index in [4.69, 9.17) is 0 Å². The van der Waals surface area contributed by atoms with Gasteiger partial charge in [-0.2, -0.15) is 0 Å². The van der Waals surface area contributed by atoms with Gasteiger partial charge in [0.2, 0.25) is 5.78 Å². The molecule has 1 heterocycles. The molecule has 1 atom stereocenters. The van der Waals surface area contributed by atoms with Gasteiger partial charge in [0.05, 0.1) is 0 Å². The van der Waals surface area contributed by atoms with Crippen LogP contribution in [0.3, 0.4) is 0 Å². The van der Waals surface area contributed by atoms with E-state index in [0.29, 0.717) is 5.56 Å². The summed E-state index contributed by atoms with van der Waals surface area (Å²) in [5.41, 5.74) is -0.254. The van der Waals surface area contributed by atoms with Crippen molar-refractivity contribution < 1.29 is 9.18 Å². The largest absolute Gasteiger partial charge is 0.300 e. The molecule has 98 valence electrons. The molecule has 0 saturated carbocycles. The first-order valence-electron chi connectivity index (χ1n) is 6.52. The first-order chi connectivity index (χ1) is 8.49. The fraction of sp³-hybridized carbons (Fsp3) is 0.533. The Morgan fingerprint density at radius 1 is 1.28 bits per heavy atom. The van der Waals surface area contributed by atoms with Gasteiger partial charge in [0.25, 0.3) is 0 Å². The molecule has 1 aromatic rings. The van der Waals surface area contributed by atoms with E-state index < -0.39 is 11.5 Å². The number of nitrogens with zero attached hydrogens (tertiary/aromatic N) is 1. The van der Waals surface area contributed by atoms with E-state index in [9.17, 15) is 9.18 Å². The van der Waals surface area contributed by atoms with Crippen molar-refractivity contribution in [1.29, 1.82) is 0 Å². The third-order valence-electron chi connectivity index (χ3n) is 3.51. The van der Waals surface area contributed by atoms with E-state index in [1.165, 1.54) is 6.92 Å². The number of halogens is 1. The van der Waals surface area contributed by atoms with Crippen molar-refractivity contribution in [3.05, 3.63) is 35.4 Å². The van der Waals surface area contributed by atoms with Crippen molar-refractivity contribution in [2.75, 3.05) is 19.6 Å².